The second kappa shape index (κ2) is 7.37. The number of nitrogens with one attached hydrogen (secondary N) is 1. The lowest BCUT2D eigenvalue weighted by Gasteiger charge is -2.15. The van der Waals surface area contributed by atoms with E-state index in [9.17, 15) is 0 Å². The predicted octanol–water partition coefficient (Wildman–Crippen LogP) is 2.04. The van der Waals surface area contributed by atoms with Crippen LogP contribution in [0.1, 0.15) is 38.2 Å². The fourth-order valence-electron chi connectivity index (χ4n) is 1.69. The summed E-state index contributed by atoms with van der Waals surface area (Å²) < 4.78 is 0. The van der Waals surface area contributed by atoms with Gasteiger partial charge in [0.15, 0.2) is 0 Å². The van der Waals surface area contributed by atoms with E-state index in [1.165, 1.54) is 24.8 Å². The fourth-order valence-corrected chi connectivity index (χ4v) is 1.69. The van der Waals surface area contributed by atoms with Crippen molar-refractivity contribution in [3.63, 3.8) is 0 Å². The number of nitrogens with two attached hydrogens (primary N) is 1. The van der Waals surface area contributed by atoms with Crippen LogP contribution < -0.4 is 11.3 Å². The van der Waals surface area contributed by atoms with Crippen molar-refractivity contribution in [2.45, 2.75) is 45.1 Å². The van der Waals surface area contributed by atoms with E-state index >= 15 is 0 Å². The summed E-state index contributed by atoms with van der Waals surface area (Å²) >= 11 is 0. The van der Waals surface area contributed by atoms with E-state index in [2.05, 4.69) is 17.3 Å². The van der Waals surface area contributed by atoms with Gasteiger partial charge in [0.1, 0.15) is 0 Å². The van der Waals surface area contributed by atoms with Crippen molar-refractivity contribution in [3.8, 4) is 0 Å². The Kier molecular flexibility index (Phi) is 5.97. The molecule has 3 N–H and O–H groups in total. The van der Waals surface area contributed by atoms with E-state index in [1.807, 2.05) is 24.5 Å². The van der Waals surface area contributed by atoms with E-state index in [0.29, 0.717) is 6.04 Å². The zero-order valence-corrected chi connectivity index (χ0v) is 9.45. The maximum absolute atomic E-state index is 5.54. The number of unbranched alkanes of at least 4 members (excludes halogenated alkanes) is 2. The Hall–Kier alpha value is -0.930. The van der Waals surface area contributed by atoms with Crippen molar-refractivity contribution >= 4 is 0 Å². The first-order valence-electron chi connectivity index (χ1n) is 5.71. The third kappa shape index (κ3) is 4.91. The molecule has 84 valence electrons. The van der Waals surface area contributed by atoms with Crippen LogP contribution in [0.15, 0.2) is 24.5 Å². The zero-order valence-electron chi connectivity index (χ0n) is 9.45. The Labute approximate surface area is 92.1 Å². The molecule has 15 heavy (non-hydrogen) atoms. The molecule has 1 unspecified atom stereocenters. The number of aromatic nitrogens is 1. The third-order valence-electron chi connectivity index (χ3n) is 2.62. The smallest absolute Gasteiger partial charge is 0.0270 e. The Morgan fingerprint density at radius 1 is 1.33 bits per heavy atom. The molecular formula is C12H21N3. The van der Waals surface area contributed by atoms with E-state index in [1.54, 1.807) is 0 Å². The molecule has 0 radical (unpaired) electrons. The number of rotatable bonds is 7. The molecule has 1 rings (SSSR count). The Bertz CT molecular complexity index is 248. The minimum Gasteiger partial charge on any atom is -0.271 e. The van der Waals surface area contributed by atoms with Gasteiger partial charge in [-0.25, -0.2) is 0 Å². The number of hydrazine groups is 1. The summed E-state index contributed by atoms with van der Waals surface area (Å²) in [5, 5.41) is 0. The van der Waals surface area contributed by atoms with Crippen LogP contribution in [-0.4, -0.2) is 11.0 Å². The normalized spacial score (nSPS) is 12.7. The van der Waals surface area contributed by atoms with Crippen LogP contribution in [-0.2, 0) is 6.42 Å². The third-order valence-corrected chi connectivity index (χ3v) is 2.62. The van der Waals surface area contributed by atoms with Crippen LogP contribution in [0.3, 0.4) is 0 Å². The molecule has 0 amide bonds. The molecule has 0 saturated carbocycles. The molecule has 0 saturated heterocycles. The van der Waals surface area contributed by atoms with Crippen LogP contribution in [0.2, 0.25) is 0 Å². The fraction of sp³-hybridized carbons (Fsp3) is 0.583. The summed E-state index contributed by atoms with van der Waals surface area (Å²) in [5.74, 6) is 5.54. The lowest BCUT2D eigenvalue weighted by atomic mass is 10.0. The number of hydrogen-bond acceptors (Lipinski definition) is 3. The second-order valence-corrected chi connectivity index (χ2v) is 3.92. The van der Waals surface area contributed by atoms with E-state index in [0.717, 1.165) is 12.8 Å². The standard InChI is InChI=1S/C12H21N3/c1-2-3-4-5-12(15-13)10-11-6-8-14-9-7-11/h6-9,12,15H,2-5,10,13H2,1H3. The molecule has 1 atom stereocenters. The molecule has 1 heterocycles. The van der Waals surface area contributed by atoms with Crippen LogP contribution in [0.4, 0.5) is 0 Å². The predicted molar refractivity (Wildman–Crippen MR) is 63.2 cm³/mol. The Balaban J connectivity index is 2.33. The van der Waals surface area contributed by atoms with Gasteiger partial charge in [0.2, 0.25) is 0 Å². The number of pyridine rings is 1. The monoisotopic (exact) mass is 207 g/mol. The summed E-state index contributed by atoms with van der Waals surface area (Å²) in [5.41, 5.74) is 4.18. The lowest BCUT2D eigenvalue weighted by molar-refractivity contribution is 0.467. The summed E-state index contributed by atoms with van der Waals surface area (Å²) in [6.07, 6.45) is 9.58. The highest BCUT2D eigenvalue weighted by molar-refractivity contribution is 5.11. The molecule has 0 aliphatic rings. The maximum Gasteiger partial charge on any atom is 0.0270 e. The van der Waals surface area contributed by atoms with Gasteiger partial charge in [0.25, 0.3) is 0 Å². The SMILES string of the molecule is CCCCCC(Cc1ccncc1)NN. The first-order chi connectivity index (χ1) is 7.36. The average molecular weight is 207 g/mol. The molecule has 0 spiro atoms. The van der Waals surface area contributed by atoms with Gasteiger partial charge in [-0.1, -0.05) is 26.2 Å². The van der Waals surface area contributed by atoms with Gasteiger partial charge >= 0.3 is 0 Å². The van der Waals surface area contributed by atoms with Gasteiger partial charge in [-0.05, 0) is 30.5 Å². The molecule has 0 aliphatic carbocycles. The molecule has 0 fully saturated rings. The number of hydrogen-bond donors (Lipinski definition) is 2. The van der Waals surface area contributed by atoms with Crippen molar-refractivity contribution in [1.82, 2.24) is 10.4 Å². The highest BCUT2D eigenvalue weighted by Gasteiger charge is 2.06. The van der Waals surface area contributed by atoms with Gasteiger partial charge < -0.3 is 0 Å². The quantitative estimate of drug-likeness (QED) is 0.408. The summed E-state index contributed by atoms with van der Waals surface area (Å²) in [6.45, 7) is 2.22. The zero-order chi connectivity index (χ0) is 10.9. The Morgan fingerprint density at radius 3 is 2.67 bits per heavy atom. The molecule has 3 nitrogen and oxygen atoms in total. The van der Waals surface area contributed by atoms with Gasteiger partial charge in [-0.15, -0.1) is 0 Å². The topological polar surface area (TPSA) is 50.9 Å². The van der Waals surface area contributed by atoms with Gasteiger partial charge in [-0.2, -0.15) is 0 Å². The van der Waals surface area contributed by atoms with Crippen molar-refractivity contribution in [1.29, 1.82) is 0 Å². The highest BCUT2D eigenvalue weighted by Crippen LogP contribution is 2.08. The van der Waals surface area contributed by atoms with E-state index < -0.39 is 0 Å². The first kappa shape index (κ1) is 12.1. The van der Waals surface area contributed by atoms with E-state index in [-0.39, 0.29) is 0 Å². The molecule has 0 bridgehead atoms. The highest BCUT2D eigenvalue weighted by atomic mass is 15.2. The summed E-state index contributed by atoms with van der Waals surface area (Å²) in [6, 6.07) is 4.48. The van der Waals surface area contributed by atoms with Crippen molar-refractivity contribution in [3.05, 3.63) is 30.1 Å². The molecular weight excluding hydrogens is 186 g/mol. The summed E-state index contributed by atoms with van der Waals surface area (Å²) in [4.78, 5) is 4.00. The molecule has 0 aliphatic heterocycles. The maximum atomic E-state index is 5.54. The van der Waals surface area contributed by atoms with Crippen molar-refractivity contribution in [2.75, 3.05) is 0 Å². The van der Waals surface area contributed by atoms with Crippen molar-refractivity contribution < 1.29 is 0 Å². The van der Waals surface area contributed by atoms with Gasteiger partial charge in [0.05, 0.1) is 0 Å². The summed E-state index contributed by atoms with van der Waals surface area (Å²) in [7, 11) is 0. The van der Waals surface area contributed by atoms with E-state index in [4.69, 9.17) is 5.84 Å². The second-order valence-electron chi connectivity index (χ2n) is 3.92. The van der Waals surface area contributed by atoms with Crippen LogP contribution in [0.5, 0.6) is 0 Å². The average Bonchev–Trinajstić information content (AvgIpc) is 2.29. The largest absolute Gasteiger partial charge is 0.271 e. The minimum absolute atomic E-state index is 0.388. The number of nitrogens with zero attached hydrogens (tertiary/aromatic N) is 1. The molecule has 3 heteroatoms. The van der Waals surface area contributed by atoms with Crippen LogP contribution >= 0.6 is 0 Å². The van der Waals surface area contributed by atoms with Crippen LogP contribution in [0.25, 0.3) is 0 Å². The molecule has 1 aromatic heterocycles. The van der Waals surface area contributed by atoms with Gasteiger partial charge in [0, 0.05) is 18.4 Å². The lowest BCUT2D eigenvalue weighted by Crippen LogP contribution is -2.36. The first-order valence-corrected chi connectivity index (χ1v) is 5.71. The Morgan fingerprint density at radius 2 is 2.07 bits per heavy atom. The van der Waals surface area contributed by atoms with Crippen LogP contribution in [0, 0.1) is 0 Å². The minimum atomic E-state index is 0.388. The molecule has 1 aromatic rings. The van der Waals surface area contributed by atoms with Gasteiger partial charge in [-0.3, -0.25) is 16.3 Å². The molecule has 0 aromatic carbocycles. The van der Waals surface area contributed by atoms with Crippen molar-refractivity contribution in [2.24, 2.45) is 5.84 Å².